The van der Waals surface area contributed by atoms with E-state index < -0.39 is 11.6 Å². The Kier molecular flexibility index (Phi) is 4.49. The normalized spacial score (nSPS) is 12.7. The first kappa shape index (κ1) is 14.7. The topological polar surface area (TPSA) is 29.9 Å². The lowest BCUT2D eigenvalue weighted by Crippen LogP contribution is -2.25. The quantitative estimate of drug-likeness (QED) is 0.912. The highest BCUT2D eigenvalue weighted by Gasteiger charge is 2.19. The molecule has 0 aliphatic rings. The third-order valence-corrected chi connectivity index (χ3v) is 3.32. The maximum Gasteiger partial charge on any atom is 0.163 e. The van der Waals surface area contributed by atoms with E-state index in [4.69, 9.17) is 0 Å². The van der Waals surface area contributed by atoms with Crippen LogP contribution >= 0.6 is 0 Å². The molecular weight excluding hydrogens is 260 g/mol. The van der Waals surface area contributed by atoms with Gasteiger partial charge >= 0.3 is 0 Å². The lowest BCUT2D eigenvalue weighted by Gasteiger charge is -2.19. The van der Waals surface area contributed by atoms with Gasteiger partial charge in [-0.2, -0.15) is 5.10 Å². The fraction of sp³-hybridized carbons (Fsp3) is 0.400. The molecule has 1 aromatic heterocycles. The Bertz CT molecular complexity index is 593. The monoisotopic (exact) mass is 279 g/mol. The Morgan fingerprint density at radius 1 is 1.35 bits per heavy atom. The average Bonchev–Trinajstić information content (AvgIpc) is 2.71. The maximum absolute atomic E-state index is 13.9. The van der Waals surface area contributed by atoms with E-state index in [1.165, 1.54) is 6.07 Å². The first-order valence-corrected chi connectivity index (χ1v) is 6.69. The summed E-state index contributed by atoms with van der Waals surface area (Å²) in [6.45, 7) is 4.53. The Morgan fingerprint density at radius 3 is 2.70 bits per heavy atom. The number of benzene rings is 1. The molecule has 1 aromatic carbocycles. The molecule has 1 atom stereocenters. The highest BCUT2D eigenvalue weighted by Crippen LogP contribution is 2.23. The van der Waals surface area contributed by atoms with Gasteiger partial charge in [0.2, 0.25) is 0 Å². The van der Waals surface area contributed by atoms with Crippen molar-refractivity contribution in [3.8, 4) is 0 Å². The van der Waals surface area contributed by atoms with Gasteiger partial charge in [0.15, 0.2) is 11.6 Å². The van der Waals surface area contributed by atoms with Crippen LogP contribution in [0.4, 0.5) is 8.78 Å². The minimum Gasteiger partial charge on any atom is -0.310 e. The van der Waals surface area contributed by atoms with Gasteiger partial charge in [0.1, 0.15) is 0 Å². The summed E-state index contributed by atoms with van der Waals surface area (Å²) in [5, 5.41) is 7.48. The predicted octanol–water partition coefficient (Wildman–Crippen LogP) is 2.90. The van der Waals surface area contributed by atoms with E-state index >= 15 is 0 Å². The highest BCUT2D eigenvalue weighted by atomic mass is 19.2. The molecule has 0 saturated heterocycles. The second-order valence-electron chi connectivity index (χ2n) is 4.86. The van der Waals surface area contributed by atoms with Crippen LogP contribution in [0.2, 0.25) is 0 Å². The maximum atomic E-state index is 13.9. The zero-order valence-electron chi connectivity index (χ0n) is 12.0. The van der Waals surface area contributed by atoms with Gasteiger partial charge in [-0.05, 0) is 25.6 Å². The number of likely N-dealkylation sites (N-methyl/N-ethyl adjacent to an activating group) is 1. The van der Waals surface area contributed by atoms with Crippen molar-refractivity contribution in [2.45, 2.75) is 26.3 Å². The first-order chi connectivity index (χ1) is 9.52. The van der Waals surface area contributed by atoms with Crippen molar-refractivity contribution in [1.29, 1.82) is 0 Å². The third kappa shape index (κ3) is 3.04. The van der Waals surface area contributed by atoms with Crippen LogP contribution in [0, 0.1) is 18.6 Å². The summed E-state index contributed by atoms with van der Waals surface area (Å²) in [5.41, 5.74) is 2.25. The van der Waals surface area contributed by atoms with Crippen molar-refractivity contribution in [3.63, 3.8) is 0 Å². The number of hydrogen-bond donors (Lipinski definition) is 1. The van der Waals surface area contributed by atoms with Crippen LogP contribution in [0.15, 0.2) is 24.3 Å². The number of nitrogens with one attached hydrogen (secondary N) is 1. The van der Waals surface area contributed by atoms with Crippen LogP contribution < -0.4 is 5.32 Å². The number of halogens is 2. The first-order valence-electron chi connectivity index (χ1n) is 6.69. The molecule has 5 heteroatoms. The molecule has 0 spiro atoms. The molecule has 3 nitrogen and oxygen atoms in total. The summed E-state index contributed by atoms with van der Waals surface area (Å²) in [5.74, 6) is -1.59. The highest BCUT2D eigenvalue weighted by molar-refractivity contribution is 5.24. The molecule has 1 N–H and O–H groups in total. The van der Waals surface area contributed by atoms with E-state index in [9.17, 15) is 8.78 Å². The van der Waals surface area contributed by atoms with Gasteiger partial charge < -0.3 is 5.32 Å². The van der Waals surface area contributed by atoms with Gasteiger partial charge in [0.05, 0.1) is 5.69 Å². The molecule has 0 saturated carbocycles. The van der Waals surface area contributed by atoms with E-state index in [2.05, 4.69) is 10.4 Å². The molecule has 2 aromatic rings. The Morgan fingerprint density at radius 2 is 2.10 bits per heavy atom. The van der Waals surface area contributed by atoms with E-state index in [0.717, 1.165) is 17.5 Å². The predicted molar refractivity (Wildman–Crippen MR) is 74.4 cm³/mol. The summed E-state index contributed by atoms with van der Waals surface area (Å²) in [7, 11) is 1.85. The van der Waals surface area contributed by atoms with E-state index in [1.54, 1.807) is 10.7 Å². The Labute approximate surface area is 117 Å². The summed E-state index contributed by atoms with van der Waals surface area (Å²) < 4.78 is 29.1. The number of rotatable bonds is 5. The summed E-state index contributed by atoms with van der Waals surface area (Å²) in [4.78, 5) is 0. The van der Waals surface area contributed by atoms with E-state index in [0.29, 0.717) is 18.5 Å². The number of aryl methyl sites for hydroxylation is 2. The van der Waals surface area contributed by atoms with Crippen molar-refractivity contribution in [2.24, 2.45) is 7.05 Å². The van der Waals surface area contributed by atoms with Crippen molar-refractivity contribution < 1.29 is 8.78 Å². The fourth-order valence-corrected chi connectivity index (χ4v) is 2.39. The van der Waals surface area contributed by atoms with Crippen LogP contribution in [0.3, 0.4) is 0 Å². The lowest BCUT2D eigenvalue weighted by atomic mass is 10.0. The molecule has 0 aliphatic carbocycles. The van der Waals surface area contributed by atoms with Crippen LogP contribution in [0.5, 0.6) is 0 Å². The largest absolute Gasteiger partial charge is 0.310 e. The molecule has 0 aliphatic heterocycles. The molecule has 0 amide bonds. The standard InChI is InChI=1S/C15H19F2N3/c1-4-18-14(9-11-8-10(2)19-20(11)3)12-6-5-7-13(16)15(12)17/h5-8,14,18H,4,9H2,1-3H3. The second kappa shape index (κ2) is 6.13. The van der Waals surface area contributed by atoms with E-state index in [1.807, 2.05) is 27.0 Å². The number of aromatic nitrogens is 2. The average molecular weight is 279 g/mol. The number of nitrogens with zero attached hydrogens (tertiary/aromatic N) is 2. The minimum absolute atomic E-state index is 0.273. The second-order valence-corrected chi connectivity index (χ2v) is 4.86. The fourth-order valence-electron chi connectivity index (χ4n) is 2.39. The zero-order valence-corrected chi connectivity index (χ0v) is 12.0. The zero-order chi connectivity index (χ0) is 14.7. The molecule has 20 heavy (non-hydrogen) atoms. The number of hydrogen-bond acceptors (Lipinski definition) is 2. The molecule has 1 unspecified atom stereocenters. The summed E-state index contributed by atoms with van der Waals surface area (Å²) >= 11 is 0. The molecule has 108 valence electrons. The summed E-state index contributed by atoms with van der Waals surface area (Å²) in [6, 6.07) is 5.98. The lowest BCUT2D eigenvalue weighted by molar-refractivity contribution is 0.459. The van der Waals surface area contributed by atoms with Gasteiger partial charge in [0.25, 0.3) is 0 Å². The van der Waals surface area contributed by atoms with Gasteiger partial charge in [-0.15, -0.1) is 0 Å². The third-order valence-electron chi connectivity index (χ3n) is 3.32. The van der Waals surface area contributed by atoms with Gasteiger partial charge in [-0.1, -0.05) is 19.1 Å². The Balaban J connectivity index is 2.31. The van der Waals surface area contributed by atoms with Crippen molar-refractivity contribution in [2.75, 3.05) is 6.54 Å². The smallest absolute Gasteiger partial charge is 0.163 e. The van der Waals surface area contributed by atoms with Gasteiger partial charge in [0, 0.05) is 30.8 Å². The van der Waals surface area contributed by atoms with Crippen LogP contribution in [-0.2, 0) is 13.5 Å². The van der Waals surface area contributed by atoms with Gasteiger partial charge in [-0.25, -0.2) is 8.78 Å². The van der Waals surface area contributed by atoms with Crippen LogP contribution in [0.25, 0.3) is 0 Å². The van der Waals surface area contributed by atoms with Crippen LogP contribution in [-0.4, -0.2) is 16.3 Å². The molecule has 0 radical (unpaired) electrons. The van der Waals surface area contributed by atoms with Crippen molar-refractivity contribution in [1.82, 2.24) is 15.1 Å². The summed E-state index contributed by atoms with van der Waals surface area (Å²) in [6.07, 6.45) is 0.561. The minimum atomic E-state index is -0.813. The molecule has 2 rings (SSSR count). The van der Waals surface area contributed by atoms with Gasteiger partial charge in [-0.3, -0.25) is 4.68 Å². The van der Waals surface area contributed by atoms with Crippen LogP contribution in [0.1, 0.15) is 29.9 Å². The molecule has 0 bridgehead atoms. The van der Waals surface area contributed by atoms with Crippen molar-refractivity contribution >= 4 is 0 Å². The Hall–Kier alpha value is -1.75. The molecular formula is C15H19F2N3. The van der Waals surface area contributed by atoms with E-state index in [-0.39, 0.29) is 6.04 Å². The molecule has 1 heterocycles. The van der Waals surface area contributed by atoms with Crippen molar-refractivity contribution in [3.05, 3.63) is 52.9 Å². The molecule has 0 fully saturated rings. The SMILES string of the molecule is CCNC(Cc1cc(C)nn1C)c1cccc(F)c1F.